The number of unbranched alkanes of at least 4 members (excludes halogenated alkanes) is 5. The highest BCUT2D eigenvalue weighted by Gasteiger charge is 2.42. The maximum absolute atomic E-state index is 11.3. The zero-order valence-electron chi connectivity index (χ0n) is 12.5. The Morgan fingerprint density at radius 3 is 2.00 bits per heavy atom. The van der Waals surface area contributed by atoms with Crippen LogP contribution in [0.3, 0.4) is 0 Å². The Balaban J connectivity index is 4.05. The Hall–Kier alpha value is -0.193. The van der Waals surface area contributed by atoms with Crippen LogP contribution in [-0.4, -0.2) is 29.1 Å². The lowest BCUT2D eigenvalue weighted by Crippen LogP contribution is -2.45. The van der Waals surface area contributed by atoms with Crippen molar-refractivity contribution in [3.63, 3.8) is 0 Å². The van der Waals surface area contributed by atoms with Gasteiger partial charge in [0.15, 0.2) is 0 Å². The molecule has 0 N–H and O–H groups in total. The van der Waals surface area contributed by atoms with Gasteiger partial charge in [-0.3, -0.25) is 0 Å². The van der Waals surface area contributed by atoms with Gasteiger partial charge >= 0.3 is 8.56 Å². The summed E-state index contributed by atoms with van der Waals surface area (Å²) in [4.78, 5) is 11.3. The summed E-state index contributed by atoms with van der Waals surface area (Å²) < 4.78 is 11.1. The summed E-state index contributed by atoms with van der Waals surface area (Å²) in [7, 11) is 1.06. The topological polar surface area (TPSA) is 35.5 Å². The van der Waals surface area contributed by atoms with Crippen molar-refractivity contribution in [2.75, 3.05) is 14.2 Å². The lowest BCUT2D eigenvalue weighted by Gasteiger charge is -2.31. The Morgan fingerprint density at radius 2 is 1.56 bits per heavy atom. The van der Waals surface area contributed by atoms with E-state index in [1.165, 1.54) is 32.1 Å². The molecule has 0 fully saturated rings. The standard InChI is InChI=1S/C14H30O3Si/c1-5-7-8-9-10-11-12-14(13-15)18(6-2,16-3)17-4/h13-14H,5-12H2,1-4H3. The van der Waals surface area contributed by atoms with E-state index in [2.05, 4.69) is 13.8 Å². The smallest absolute Gasteiger partial charge is 0.347 e. The molecular weight excluding hydrogens is 244 g/mol. The minimum absolute atomic E-state index is 0.0244. The normalized spacial score (nSPS) is 13.6. The van der Waals surface area contributed by atoms with Crippen LogP contribution >= 0.6 is 0 Å². The van der Waals surface area contributed by atoms with Gasteiger partial charge in [-0.25, -0.2) is 0 Å². The van der Waals surface area contributed by atoms with Crippen molar-refractivity contribution < 1.29 is 13.6 Å². The molecule has 4 heteroatoms. The van der Waals surface area contributed by atoms with E-state index in [0.717, 1.165) is 25.2 Å². The second-order valence-corrected chi connectivity index (χ2v) is 8.76. The lowest BCUT2D eigenvalue weighted by atomic mass is 10.1. The average molecular weight is 274 g/mol. The molecule has 1 unspecified atom stereocenters. The van der Waals surface area contributed by atoms with Gasteiger partial charge in [-0.1, -0.05) is 52.4 Å². The Kier molecular flexibility index (Phi) is 10.6. The maximum atomic E-state index is 11.3. The molecule has 0 bridgehead atoms. The van der Waals surface area contributed by atoms with Gasteiger partial charge in [0.25, 0.3) is 0 Å². The fraction of sp³-hybridized carbons (Fsp3) is 0.929. The van der Waals surface area contributed by atoms with E-state index in [-0.39, 0.29) is 5.54 Å². The van der Waals surface area contributed by atoms with Crippen molar-refractivity contribution in [3.05, 3.63) is 0 Å². The molecule has 0 aliphatic rings. The van der Waals surface area contributed by atoms with Crippen molar-refractivity contribution in [3.8, 4) is 0 Å². The number of aldehydes is 1. The van der Waals surface area contributed by atoms with Crippen molar-refractivity contribution in [2.45, 2.75) is 70.4 Å². The first-order chi connectivity index (χ1) is 8.70. The lowest BCUT2D eigenvalue weighted by molar-refractivity contribution is -0.108. The molecule has 0 saturated heterocycles. The van der Waals surface area contributed by atoms with E-state index in [1.54, 1.807) is 14.2 Å². The molecule has 0 radical (unpaired) electrons. The molecule has 0 heterocycles. The van der Waals surface area contributed by atoms with E-state index >= 15 is 0 Å². The van der Waals surface area contributed by atoms with Crippen LogP contribution < -0.4 is 0 Å². The van der Waals surface area contributed by atoms with Crippen molar-refractivity contribution in [2.24, 2.45) is 0 Å². The van der Waals surface area contributed by atoms with Gasteiger partial charge in [-0.15, -0.1) is 0 Å². The molecule has 0 aliphatic heterocycles. The van der Waals surface area contributed by atoms with Crippen molar-refractivity contribution >= 4 is 14.8 Å². The first-order valence-corrected chi connectivity index (χ1v) is 9.36. The summed E-state index contributed by atoms with van der Waals surface area (Å²) in [6, 6.07) is 0.833. The first kappa shape index (κ1) is 17.8. The third-order valence-corrected chi connectivity index (χ3v) is 7.70. The SMILES string of the molecule is CCCCCCCCC(C=O)[Si](CC)(OC)OC. The van der Waals surface area contributed by atoms with E-state index < -0.39 is 8.56 Å². The fourth-order valence-electron chi connectivity index (χ4n) is 2.47. The van der Waals surface area contributed by atoms with E-state index in [4.69, 9.17) is 8.85 Å². The summed E-state index contributed by atoms with van der Waals surface area (Å²) in [6.07, 6.45) is 9.47. The minimum atomic E-state index is -2.29. The predicted octanol–water partition coefficient (Wildman–Crippen LogP) is 4.06. The zero-order chi connectivity index (χ0) is 13.9. The Bertz CT molecular complexity index is 197. The molecule has 0 saturated carbocycles. The quantitative estimate of drug-likeness (QED) is 0.306. The van der Waals surface area contributed by atoms with Crippen LogP contribution in [0.15, 0.2) is 0 Å². The third-order valence-electron chi connectivity index (χ3n) is 3.78. The Morgan fingerprint density at radius 1 is 1.00 bits per heavy atom. The van der Waals surface area contributed by atoms with Gasteiger partial charge in [0.2, 0.25) is 0 Å². The molecule has 0 aromatic carbocycles. The summed E-state index contributed by atoms with van der Waals surface area (Å²) >= 11 is 0. The fourth-order valence-corrected chi connectivity index (χ4v) is 5.20. The van der Waals surface area contributed by atoms with Gasteiger partial charge in [0.05, 0.1) is 5.54 Å². The molecule has 18 heavy (non-hydrogen) atoms. The first-order valence-electron chi connectivity index (χ1n) is 7.26. The number of carbonyl (C=O) groups excluding carboxylic acids is 1. The monoisotopic (exact) mass is 274 g/mol. The summed E-state index contributed by atoms with van der Waals surface area (Å²) in [6.45, 7) is 4.28. The van der Waals surface area contributed by atoms with Crippen LogP contribution in [0.5, 0.6) is 0 Å². The molecule has 0 rings (SSSR count). The van der Waals surface area contributed by atoms with E-state index in [0.29, 0.717) is 0 Å². The molecule has 3 nitrogen and oxygen atoms in total. The molecule has 0 aromatic rings. The number of rotatable bonds is 12. The number of hydrogen-bond acceptors (Lipinski definition) is 3. The third kappa shape index (κ3) is 5.63. The minimum Gasteiger partial charge on any atom is -0.397 e. The predicted molar refractivity (Wildman–Crippen MR) is 78.1 cm³/mol. The van der Waals surface area contributed by atoms with Gasteiger partial charge in [-0.2, -0.15) is 0 Å². The van der Waals surface area contributed by atoms with Crippen LogP contribution in [0.25, 0.3) is 0 Å². The number of carbonyl (C=O) groups is 1. The second kappa shape index (κ2) is 10.7. The van der Waals surface area contributed by atoms with E-state index in [1.807, 2.05) is 0 Å². The highest BCUT2D eigenvalue weighted by Crippen LogP contribution is 2.30. The largest absolute Gasteiger partial charge is 0.397 e. The number of hydrogen-bond donors (Lipinski definition) is 0. The molecule has 0 spiro atoms. The van der Waals surface area contributed by atoms with Gasteiger partial charge in [-0.05, 0) is 12.5 Å². The van der Waals surface area contributed by atoms with E-state index in [9.17, 15) is 4.79 Å². The summed E-state index contributed by atoms with van der Waals surface area (Å²) in [5, 5.41) is 0. The van der Waals surface area contributed by atoms with Crippen LogP contribution in [0.4, 0.5) is 0 Å². The Labute approximate surface area is 113 Å². The molecule has 0 aromatic heterocycles. The molecule has 108 valence electrons. The van der Waals surface area contributed by atoms with Crippen LogP contribution in [0.1, 0.15) is 58.8 Å². The second-order valence-electron chi connectivity index (χ2n) is 4.87. The van der Waals surface area contributed by atoms with Gasteiger partial charge < -0.3 is 13.6 Å². The highest BCUT2D eigenvalue weighted by molar-refractivity contribution is 6.71. The molecule has 0 aliphatic carbocycles. The zero-order valence-corrected chi connectivity index (χ0v) is 13.5. The van der Waals surface area contributed by atoms with Crippen molar-refractivity contribution in [1.29, 1.82) is 0 Å². The van der Waals surface area contributed by atoms with Gasteiger partial charge in [0, 0.05) is 14.2 Å². The van der Waals surface area contributed by atoms with Crippen molar-refractivity contribution in [1.82, 2.24) is 0 Å². The van der Waals surface area contributed by atoms with Crippen LogP contribution in [0.2, 0.25) is 11.6 Å². The summed E-state index contributed by atoms with van der Waals surface area (Å²) in [5.74, 6) is 0. The van der Waals surface area contributed by atoms with Crippen LogP contribution in [-0.2, 0) is 13.6 Å². The van der Waals surface area contributed by atoms with Gasteiger partial charge in [0.1, 0.15) is 6.29 Å². The summed E-state index contributed by atoms with van der Waals surface area (Å²) in [5.41, 5.74) is -0.0244. The molecular formula is C14H30O3Si. The molecule has 1 atom stereocenters. The molecule has 0 amide bonds. The highest BCUT2D eigenvalue weighted by atomic mass is 28.4. The van der Waals surface area contributed by atoms with Crippen LogP contribution in [0, 0.1) is 0 Å². The average Bonchev–Trinajstić information content (AvgIpc) is 2.42. The maximum Gasteiger partial charge on any atom is 0.347 e.